The molecule has 5 nitrogen and oxygen atoms in total. The third-order valence-corrected chi connectivity index (χ3v) is 5.67. The average molecular weight is 398 g/mol. The first-order chi connectivity index (χ1) is 13.6. The predicted molar refractivity (Wildman–Crippen MR) is 112 cm³/mol. The molecule has 0 aliphatic carbocycles. The zero-order valence-corrected chi connectivity index (χ0v) is 16.9. The standard InChI is InChI=1S/C22H24ClN3O2/c1-3-4-11-25-19-8-6-5-7-18(19)24-22(25)15-12-21(27)26(14-15)20-13-16(28-2)9-10-17(20)23/h5-10,13,15H,3-4,11-12,14H2,1-2H3. The number of rotatable bonds is 6. The molecule has 1 fully saturated rings. The van der Waals surface area contributed by atoms with E-state index < -0.39 is 0 Å². The second kappa shape index (κ2) is 7.84. The molecule has 146 valence electrons. The number of ether oxygens (including phenoxy) is 1. The molecule has 1 saturated heterocycles. The summed E-state index contributed by atoms with van der Waals surface area (Å²) in [7, 11) is 1.61. The molecule has 6 heteroatoms. The van der Waals surface area contributed by atoms with Crippen molar-refractivity contribution >= 4 is 34.2 Å². The summed E-state index contributed by atoms with van der Waals surface area (Å²) < 4.78 is 7.59. The molecular formula is C22H24ClN3O2. The number of halogens is 1. The van der Waals surface area contributed by atoms with Crippen LogP contribution in [-0.4, -0.2) is 29.1 Å². The molecule has 1 aliphatic rings. The van der Waals surface area contributed by atoms with Gasteiger partial charge >= 0.3 is 0 Å². The van der Waals surface area contributed by atoms with E-state index in [9.17, 15) is 4.79 Å². The van der Waals surface area contributed by atoms with Crippen molar-refractivity contribution in [3.63, 3.8) is 0 Å². The van der Waals surface area contributed by atoms with E-state index in [-0.39, 0.29) is 11.8 Å². The molecule has 0 saturated carbocycles. The summed E-state index contributed by atoms with van der Waals surface area (Å²) in [6.07, 6.45) is 2.63. The van der Waals surface area contributed by atoms with Crippen LogP contribution in [0, 0.1) is 0 Å². The van der Waals surface area contributed by atoms with Gasteiger partial charge in [0.25, 0.3) is 0 Å². The van der Waals surface area contributed by atoms with Crippen LogP contribution in [0.1, 0.15) is 37.9 Å². The quantitative estimate of drug-likeness (QED) is 0.586. The normalized spacial score (nSPS) is 16.9. The number of hydrogen-bond acceptors (Lipinski definition) is 3. The number of aromatic nitrogens is 2. The van der Waals surface area contributed by atoms with Crippen LogP contribution in [-0.2, 0) is 11.3 Å². The van der Waals surface area contributed by atoms with Gasteiger partial charge in [-0.25, -0.2) is 4.98 Å². The molecule has 4 rings (SSSR count). The molecule has 2 heterocycles. The van der Waals surface area contributed by atoms with E-state index in [0.717, 1.165) is 36.2 Å². The van der Waals surface area contributed by atoms with Crippen LogP contribution in [0.5, 0.6) is 5.75 Å². The van der Waals surface area contributed by atoms with Crippen LogP contribution in [0.15, 0.2) is 42.5 Å². The number of anilines is 1. The highest BCUT2D eigenvalue weighted by Gasteiger charge is 2.35. The second-order valence-electron chi connectivity index (χ2n) is 7.19. The molecule has 0 bridgehead atoms. The van der Waals surface area contributed by atoms with Crippen LogP contribution in [0.25, 0.3) is 11.0 Å². The summed E-state index contributed by atoms with van der Waals surface area (Å²) in [5, 5.41) is 0.550. The number of carbonyl (C=O) groups is 1. The van der Waals surface area contributed by atoms with Crippen molar-refractivity contribution in [2.45, 2.75) is 38.6 Å². The van der Waals surface area contributed by atoms with E-state index in [0.29, 0.717) is 29.4 Å². The Kier molecular flexibility index (Phi) is 5.27. The summed E-state index contributed by atoms with van der Waals surface area (Å²) in [5.41, 5.74) is 2.82. The Morgan fingerprint density at radius 3 is 2.86 bits per heavy atom. The van der Waals surface area contributed by atoms with Gasteiger partial charge in [-0.05, 0) is 30.7 Å². The third kappa shape index (κ3) is 3.35. The first kappa shape index (κ1) is 18.8. The number of hydrogen-bond donors (Lipinski definition) is 0. The Hall–Kier alpha value is -2.53. The lowest BCUT2D eigenvalue weighted by Gasteiger charge is -2.19. The zero-order chi connectivity index (χ0) is 19.7. The van der Waals surface area contributed by atoms with Gasteiger partial charge < -0.3 is 14.2 Å². The lowest BCUT2D eigenvalue weighted by atomic mass is 10.1. The fourth-order valence-corrected chi connectivity index (χ4v) is 4.12. The van der Waals surface area contributed by atoms with E-state index in [1.54, 1.807) is 24.1 Å². The van der Waals surface area contributed by atoms with Crippen molar-refractivity contribution in [3.05, 3.63) is 53.3 Å². The Labute approximate surface area is 169 Å². The van der Waals surface area contributed by atoms with Gasteiger partial charge in [0.15, 0.2) is 0 Å². The highest BCUT2D eigenvalue weighted by atomic mass is 35.5. The first-order valence-corrected chi connectivity index (χ1v) is 10.1. The number of carbonyl (C=O) groups excluding carboxylic acids is 1. The second-order valence-corrected chi connectivity index (χ2v) is 7.59. The number of unbranched alkanes of at least 4 members (excludes halogenated alkanes) is 1. The van der Waals surface area contributed by atoms with Crippen molar-refractivity contribution < 1.29 is 9.53 Å². The molecule has 1 aromatic heterocycles. The van der Waals surface area contributed by atoms with Crippen molar-refractivity contribution in [2.24, 2.45) is 0 Å². The molecule has 2 aromatic carbocycles. The van der Waals surface area contributed by atoms with Crippen LogP contribution in [0.3, 0.4) is 0 Å². The van der Waals surface area contributed by atoms with E-state index >= 15 is 0 Å². The third-order valence-electron chi connectivity index (χ3n) is 5.35. The number of methoxy groups -OCH3 is 1. The van der Waals surface area contributed by atoms with Gasteiger partial charge in [0, 0.05) is 31.5 Å². The number of benzene rings is 2. The van der Waals surface area contributed by atoms with Crippen LogP contribution >= 0.6 is 11.6 Å². The summed E-state index contributed by atoms with van der Waals surface area (Å²) in [6.45, 7) is 3.67. The number of fused-ring (bicyclic) bond motifs is 1. The largest absolute Gasteiger partial charge is 0.497 e. The Balaban J connectivity index is 1.69. The summed E-state index contributed by atoms with van der Waals surface area (Å²) in [5.74, 6) is 1.78. The predicted octanol–water partition coefficient (Wildman–Crippen LogP) is 5.02. The zero-order valence-electron chi connectivity index (χ0n) is 16.2. The van der Waals surface area contributed by atoms with Gasteiger partial charge in [-0.3, -0.25) is 4.79 Å². The number of para-hydroxylation sites is 2. The molecule has 28 heavy (non-hydrogen) atoms. The maximum absolute atomic E-state index is 12.8. The van der Waals surface area contributed by atoms with Crippen LogP contribution in [0.2, 0.25) is 5.02 Å². The average Bonchev–Trinajstić information content (AvgIpc) is 3.27. The molecular weight excluding hydrogens is 374 g/mol. The molecule has 1 unspecified atom stereocenters. The maximum Gasteiger partial charge on any atom is 0.227 e. The van der Waals surface area contributed by atoms with Gasteiger partial charge in [-0.15, -0.1) is 0 Å². The maximum atomic E-state index is 12.8. The molecule has 1 atom stereocenters. The number of amides is 1. The monoisotopic (exact) mass is 397 g/mol. The number of imidazole rings is 1. The van der Waals surface area contributed by atoms with E-state index in [1.807, 2.05) is 24.3 Å². The van der Waals surface area contributed by atoms with Crippen molar-refractivity contribution in [3.8, 4) is 5.75 Å². The minimum Gasteiger partial charge on any atom is -0.497 e. The smallest absolute Gasteiger partial charge is 0.227 e. The van der Waals surface area contributed by atoms with Gasteiger partial charge in [-0.1, -0.05) is 37.1 Å². The van der Waals surface area contributed by atoms with Gasteiger partial charge in [-0.2, -0.15) is 0 Å². The van der Waals surface area contributed by atoms with Gasteiger partial charge in [0.2, 0.25) is 5.91 Å². The summed E-state index contributed by atoms with van der Waals surface area (Å²) >= 11 is 6.39. The Bertz CT molecular complexity index is 1010. The number of nitrogens with zero attached hydrogens (tertiary/aromatic N) is 3. The fraction of sp³-hybridized carbons (Fsp3) is 0.364. The van der Waals surface area contributed by atoms with Crippen molar-refractivity contribution in [1.29, 1.82) is 0 Å². The minimum atomic E-state index is 0.0408. The van der Waals surface area contributed by atoms with Crippen LogP contribution in [0.4, 0.5) is 5.69 Å². The lowest BCUT2D eigenvalue weighted by Crippen LogP contribution is -2.25. The fourth-order valence-electron chi connectivity index (χ4n) is 3.90. The Morgan fingerprint density at radius 2 is 2.07 bits per heavy atom. The summed E-state index contributed by atoms with van der Waals surface area (Å²) in [6, 6.07) is 13.6. The molecule has 3 aromatic rings. The lowest BCUT2D eigenvalue weighted by molar-refractivity contribution is -0.117. The molecule has 1 aliphatic heterocycles. The highest BCUT2D eigenvalue weighted by Crippen LogP contribution is 2.37. The van der Waals surface area contributed by atoms with Gasteiger partial charge in [0.1, 0.15) is 11.6 Å². The van der Waals surface area contributed by atoms with E-state index in [4.69, 9.17) is 21.3 Å². The summed E-state index contributed by atoms with van der Waals surface area (Å²) in [4.78, 5) is 19.5. The van der Waals surface area contributed by atoms with Crippen molar-refractivity contribution in [1.82, 2.24) is 9.55 Å². The topological polar surface area (TPSA) is 47.4 Å². The SMILES string of the molecule is CCCCn1c(C2CC(=O)N(c3cc(OC)ccc3Cl)C2)nc2ccccc21. The highest BCUT2D eigenvalue weighted by molar-refractivity contribution is 6.34. The molecule has 1 amide bonds. The minimum absolute atomic E-state index is 0.0408. The van der Waals surface area contributed by atoms with Gasteiger partial charge in [0.05, 0.1) is 28.9 Å². The molecule has 0 spiro atoms. The van der Waals surface area contributed by atoms with Crippen LogP contribution < -0.4 is 9.64 Å². The Morgan fingerprint density at radius 1 is 1.25 bits per heavy atom. The number of aryl methyl sites for hydroxylation is 1. The van der Waals surface area contributed by atoms with E-state index in [1.165, 1.54) is 0 Å². The van der Waals surface area contributed by atoms with E-state index in [2.05, 4.69) is 17.6 Å². The van der Waals surface area contributed by atoms with Crippen molar-refractivity contribution in [2.75, 3.05) is 18.6 Å². The molecule has 0 N–H and O–H groups in total. The molecule has 0 radical (unpaired) electrons. The first-order valence-electron chi connectivity index (χ1n) is 9.71.